The molecule has 4 aromatic rings. The third-order valence-corrected chi connectivity index (χ3v) is 4.51. The number of hydrogen-bond donors (Lipinski definition) is 0. The van der Waals surface area contributed by atoms with Gasteiger partial charge >= 0.3 is 0 Å². The van der Waals surface area contributed by atoms with Crippen LogP contribution >= 0.6 is 0 Å². The number of pyridine rings is 2. The molecule has 0 radical (unpaired) electrons. The van der Waals surface area contributed by atoms with Crippen LogP contribution in [0.4, 0.5) is 0 Å². The fraction of sp³-hybridized carbons (Fsp3) is 0.190. The summed E-state index contributed by atoms with van der Waals surface area (Å²) in [4.78, 5) is 9.05. The van der Waals surface area contributed by atoms with Gasteiger partial charge in [0.1, 0.15) is 5.69 Å². The van der Waals surface area contributed by atoms with E-state index in [0.29, 0.717) is 40.2 Å². The van der Waals surface area contributed by atoms with Crippen LogP contribution in [0.3, 0.4) is 0 Å². The molecule has 0 saturated carbocycles. The number of rotatable bonds is 6. The van der Waals surface area contributed by atoms with Crippen molar-refractivity contribution in [3.05, 3.63) is 48.7 Å². The molecule has 0 saturated heterocycles. The molecular weight excluding hydrogens is 372 g/mol. The summed E-state index contributed by atoms with van der Waals surface area (Å²) >= 11 is 0. The Labute approximate surface area is 167 Å². The van der Waals surface area contributed by atoms with Gasteiger partial charge < -0.3 is 18.9 Å². The molecule has 8 nitrogen and oxygen atoms in total. The van der Waals surface area contributed by atoms with Gasteiger partial charge in [0, 0.05) is 29.8 Å². The fourth-order valence-corrected chi connectivity index (χ4v) is 3.17. The van der Waals surface area contributed by atoms with Gasteiger partial charge in [-0.15, -0.1) is 0 Å². The van der Waals surface area contributed by atoms with E-state index in [2.05, 4.69) is 9.97 Å². The lowest BCUT2D eigenvalue weighted by molar-refractivity contribution is 0.324. The molecule has 0 N–H and O–H groups in total. The number of methoxy groups -OCH3 is 4. The van der Waals surface area contributed by atoms with Gasteiger partial charge in [-0.25, -0.2) is 14.6 Å². The fourth-order valence-electron chi connectivity index (χ4n) is 3.17. The maximum absolute atomic E-state index is 5.48. The molecule has 8 heteroatoms. The summed E-state index contributed by atoms with van der Waals surface area (Å²) in [5.74, 6) is 2.09. The molecule has 0 aliphatic rings. The predicted molar refractivity (Wildman–Crippen MR) is 108 cm³/mol. The minimum absolute atomic E-state index is 0.512. The molecule has 0 amide bonds. The van der Waals surface area contributed by atoms with Gasteiger partial charge in [0.25, 0.3) is 0 Å². The summed E-state index contributed by atoms with van der Waals surface area (Å²) in [6.07, 6.45) is 1.72. The number of ether oxygens (including phenoxy) is 4. The molecule has 3 heterocycles. The van der Waals surface area contributed by atoms with Crippen LogP contribution in [0.25, 0.3) is 28.1 Å². The first kappa shape index (κ1) is 18.5. The van der Waals surface area contributed by atoms with E-state index < -0.39 is 0 Å². The van der Waals surface area contributed by atoms with E-state index in [-0.39, 0.29) is 0 Å². The summed E-state index contributed by atoms with van der Waals surface area (Å²) in [5.41, 5.74) is 2.79. The van der Waals surface area contributed by atoms with Crippen LogP contribution in [0.5, 0.6) is 23.1 Å². The molecule has 0 fully saturated rings. The molecule has 0 aliphatic heterocycles. The topological polar surface area (TPSA) is 80.5 Å². The highest BCUT2D eigenvalue weighted by Crippen LogP contribution is 2.40. The van der Waals surface area contributed by atoms with Crippen molar-refractivity contribution in [3.63, 3.8) is 0 Å². The lowest BCUT2D eigenvalue weighted by Crippen LogP contribution is -2.02. The van der Waals surface area contributed by atoms with E-state index in [9.17, 15) is 0 Å². The van der Waals surface area contributed by atoms with Crippen molar-refractivity contribution in [2.24, 2.45) is 0 Å². The first-order valence-corrected chi connectivity index (χ1v) is 8.85. The van der Waals surface area contributed by atoms with E-state index >= 15 is 0 Å². The van der Waals surface area contributed by atoms with Crippen LogP contribution < -0.4 is 18.9 Å². The highest BCUT2D eigenvalue weighted by Gasteiger charge is 2.19. The molecule has 29 heavy (non-hydrogen) atoms. The van der Waals surface area contributed by atoms with Crippen LogP contribution in [-0.4, -0.2) is 48.2 Å². The Kier molecular flexibility index (Phi) is 4.90. The highest BCUT2D eigenvalue weighted by atomic mass is 16.5. The van der Waals surface area contributed by atoms with Crippen molar-refractivity contribution < 1.29 is 18.9 Å². The lowest BCUT2D eigenvalue weighted by Gasteiger charge is -2.14. The largest absolute Gasteiger partial charge is 0.493 e. The molecular formula is C21H20N4O4. The van der Waals surface area contributed by atoms with Gasteiger partial charge in [-0.05, 0) is 18.2 Å². The molecule has 1 aromatic carbocycles. The first-order valence-electron chi connectivity index (χ1n) is 8.85. The molecule has 0 aliphatic carbocycles. The average Bonchev–Trinajstić information content (AvgIpc) is 3.17. The van der Waals surface area contributed by atoms with Gasteiger partial charge in [-0.1, -0.05) is 6.07 Å². The maximum atomic E-state index is 5.48. The number of aromatic nitrogens is 4. The van der Waals surface area contributed by atoms with E-state index in [0.717, 1.165) is 11.1 Å². The summed E-state index contributed by atoms with van der Waals surface area (Å²) in [6, 6.07) is 13.0. The van der Waals surface area contributed by atoms with Crippen molar-refractivity contribution in [1.29, 1.82) is 0 Å². The van der Waals surface area contributed by atoms with Crippen molar-refractivity contribution >= 4 is 11.0 Å². The van der Waals surface area contributed by atoms with E-state index in [4.69, 9.17) is 24.0 Å². The van der Waals surface area contributed by atoms with Crippen LogP contribution in [0.2, 0.25) is 0 Å². The molecule has 0 unspecified atom stereocenters. The summed E-state index contributed by atoms with van der Waals surface area (Å²) in [7, 11) is 6.30. The Bertz CT molecular complexity index is 1150. The molecule has 4 rings (SSSR count). The van der Waals surface area contributed by atoms with E-state index in [1.54, 1.807) is 45.4 Å². The normalized spacial score (nSPS) is 10.8. The Morgan fingerprint density at radius 3 is 2.24 bits per heavy atom. The van der Waals surface area contributed by atoms with Crippen molar-refractivity contribution in [1.82, 2.24) is 19.7 Å². The maximum Gasteiger partial charge on any atom is 0.213 e. The van der Waals surface area contributed by atoms with Gasteiger partial charge in [-0.2, -0.15) is 5.10 Å². The summed E-state index contributed by atoms with van der Waals surface area (Å²) < 4.78 is 23.4. The van der Waals surface area contributed by atoms with Crippen LogP contribution in [0.1, 0.15) is 0 Å². The van der Waals surface area contributed by atoms with Crippen molar-refractivity contribution in [3.8, 4) is 40.2 Å². The standard InChI is InChI=1S/C21H20N4O4/c1-26-16-11-13(12-17(27-2)20(16)29-4)25-21-14(7-6-10-22-21)19(24-25)15-8-5-9-18(23-15)28-3/h5-12H,1-4H3. The van der Waals surface area contributed by atoms with Gasteiger partial charge in [0.2, 0.25) is 11.6 Å². The monoisotopic (exact) mass is 392 g/mol. The smallest absolute Gasteiger partial charge is 0.213 e. The zero-order valence-corrected chi connectivity index (χ0v) is 16.5. The summed E-state index contributed by atoms with van der Waals surface area (Å²) in [6.45, 7) is 0. The number of hydrogen-bond acceptors (Lipinski definition) is 7. The third kappa shape index (κ3) is 3.18. The molecule has 0 atom stereocenters. The van der Waals surface area contributed by atoms with Crippen LogP contribution in [0, 0.1) is 0 Å². The second-order valence-corrected chi connectivity index (χ2v) is 6.08. The van der Waals surface area contributed by atoms with Gasteiger partial charge in [-0.3, -0.25) is 0 Å². The Morgan fingerprint density at radius 1 is 0.828 bits per heavy atom. The number of fused-ring (bicyclic) bond motifs is 1. The van der Waals surface area contributed by atoms with Crippen molar-refractivity contribution in [2.45, 2.75) is 0 Å². The number of nitrogens with zero attached hydrogens (tertiary/aromatic N) is 4. The van der Waals surface area contributed by atoms with Crippen molar-refractivity contribution in [2.75, 3.05) is 28.4 Å². The van der Waals surface area contributed by atoms with E-state index in [1.165, 1.54) is 0 Å². The van der Waals surface area contributed by atoms with Crippen LogP contribution in [0.15, 0.2) is 48.7 Å². The highest BCUT2D eigenvalue weighted by molar-refractivity contribution is 5.91. The molecule has 0 bridgehead atoms. The molecule has 3 aromatic heterocycles. The molecule has 148 valence electrons. The first-order chi connectivity index (χ1) is 14.2. The second kappa shape index (κ2) is 7.67. The quantitative estimate of drug-likeness (QED) is 0.497. The van der Waals surface area contributed by atoms with Crippen LogP contribution in [-0.2, 0) is 0 Å². The zero-order valence-electron chi connectivity index (χ0n) is 16.5. The average molecular weight is 392 g/mol. The van der Waals surface area contributed by atoms with Gasteiger partial charge in [0.05, 0.1) is 39.8 Å². The lowest BCUT2D eigenvalue weighted by atomic mass is 10.2. The number of benzene rings is 1. The summed E-state index contributed by atoms with van der Waals surface area (Å²) in [5, 5.41) is 5.66. The Morgan fingerprint density at radius 2 is 1.59 bits per heavy atom. The predicted octanol–water partition coefficient (Wildman–Crippen LogP) is 3.52. The Balaban J connectivity index is 1.96. The minimum atomic E-state index is 0.512. The third-order valence-electron chi connectivity index (χ3n) is 4.51. The second-order valence-electron chi connectivity index (χ2n) is 6.08. The zero-order chi connectivity index (χ0) is 20.4. The molecule has 0 spiro atoms. The Hall–Kier alpha value is -3.81. The SMILES string of the molecule is COc1cccc(-c2nn(-c3cc(OC)c(OC)c(OC)c3)c3ncccc23)n1. The van der Waals surface area contributed by atoms with E-state index in [1.807, 2.05) is 36.4 Å². The van der Waals surface area contributed by atoms with Gasteiger partial charge in [0.15, 0.2) is 17.1 Å². The minimum Gasteiger partial charge on any atom is -0.493 e.